The average molecular weight is 319 g/mol. The molecule has 1 atom stereocenters. The van der Waals surface area contributed by atoms with Gasteiger partial charge in [0.05, 0.1) is 17.8 Å². The van der Waals surface area contributed by atoms with Crippen LogP contribution in [0.1, 0.15) is 57.0 Å². The number of halogens is 1. The molecule has 1 aliphatic rings. The van der Waals surface area contributed by atoms with Crippen molar-refractivity contribution < 1.29 is 5.11 Å². The average Bonchev–Trinajstić information content (AvgIpc) is 2.87. The third-order valence-corrected chi connectivity index (χ3v) is 4.71. The molecule has 2 heterocycles. The minimum atomic E-state index is -0.636. The van der Waals surface area contributed by atoms with Gasteiger partial charge in [-0.25, -0.2) is 9.97 Å². The highest BCUT2D eigenvalue weighted by Crippen LogP contribution is 2.37. The first-order chi connectivity index (χ1) is 10.6. The number of aliphatic hydroxyl groups is 1. The molecule has 0 aliphatic heterocycles. The van der Waals surface area contributed by atoms with E-state index in [-0.39, 0.29) is 0 Å². The van der Waals surface area contributed by atoms with Crippen molar-refractivity contribution in [2.24, 2.45) is 5.92 Å². The van der Waals surface area contributed by atoms with Crippen molar-refractivity contribution in [2.45, 2.75) is 51.2 Å². The van der Waals surface area contributed by atoms with Gasteiger partial charge in [-0.3, -0.25) is 0 Å². The summed E-state index contributed by atoms with van der Waals surface area (Å²) < 4.78 is 2.12. The lowest BCUT2D eigenvalue weighted by atomic mass is 9.84. The summed E-state index contributed by atoms with van der Waals surface area (Å²) in [4.78, 5) is 8.60. The molecule has 0 saturated heterocycles. The predicted molar refractivity (Wildman–Crippen MR) is 84.4 cm³/mol. The number of imidazole rings is 1. The van der Waals surface area contributed by atoms with E-state index >= 15 is 0 Å². The summed E-state index contributed by atoms with van der Waals surface area (Å²) in [5.41, 5.74) is 1.69. The first-order valence-electron chi connectivity index (χ1n) is 7.68. The Balaban J connectivity index is 1.97. The van der Waals surface area contributed by atoms with Gasteiger partial charge in [0.1, 0.15) is 22.6 Å². The fourth-order valence-corrected chi connectivity index (χ4v) is 3.56. The fraction of sp³-hybridized carbons (Fsp3) is 0.562. The lowest BCUT2D eigenvalue weighted by molar-refractivity contribution is 0.175. The normalized spacial score (nSPS) is 23.4. The van der Waals surface area contributed by atoms with Crippen molar-refractivity contribution in [3.63, 3.8) is 0 Å². The topological polar surface area (TPSA) is 74.7 Å². The standard InChI is InChI=1S/C16H19ClN4O/c1-10(22)16-20-13-9-19-15(17)8-14(13)21(16)12-4-2-11(3-5-12)6-7-18/h8-12,22H,2-6H2,1H3/t10-,11-,12-/m1/s1. The summed E-state index contributed by atoms with van der Waals surface area (Å²) in [5, 5.41) is 19.3. The summed E-state index contributed by atoms with van der Waals surface area (Å²) in [6.07, 6.45) is 5.72. The Morgan fingerprint density at radius 2 is 2.18 bits per heavy atom. The van der Waals surface area contributed by atoms with E-state index in [9.17, 15) is 5.11 Å². The van der Waals surface area contributed by atoms with E-state index in [1.807, 2.05) is 6.07 Å². The molecule has 0 unspecified atom stereocenters. The van der Waals surface area contributed by atoms with Gasteiger partial charge in [0, 0.05) is 18.5 Å². The maximum absolute atomic E-state index is 10.1. The SMILES string of the molecule is C[C@@H](O)c1nc2cnc(Cl)cc2n1[C@H]1CC[C@H](CC#N)CC1. The van der Waals surface area contributed by atoms with Crippen LogP contribution < -0.4 is 0 Å². The Morgan fingerprint density at radius 1 is 1.45 bits per heavy atom. The van der Waals surface area contributed by atoms with Crippen LogP contribution in [0.5, 0.6) is 0 Å². The molecule has 1 fully saturated rings. The number of hydrogen-bond donors (Lipinski definition) is 1. The molecule has 2 aromatic rings. The van der Waals surface area contributed by atoms with Crippen molar-refractivity contribution in [3.05, 3.63) is 23.2 Å². The Morgan fingerprint density at radius 3 is 2.82 bits per heavy atom. The Bertz CT molecular complexity index is 711. The van der Waals surface area contributed by atoms with Gasteiger partial charge in [0.15, 0.2) is 0 Å². The predicted octanol–water partition coefficient (Wildman–Crippen LogP) is 3.78. The summed E-state index contributed by atoms with van der Waals surface area (Å²) in [7, 11) is 0. The molecule has 0 radical (unpaired) electrons. The molecular formula is C16H19ClN4O. The zero-order valence-electron chi connectivity index (χ0n) is 12.5. The molecule has 2 aromatic heterocycles. The Hall–Kier alpha value is -1.64. The van der Waals surface area contributed by atoms with Gasteiger partial charge in [-0.2, -0.15) is 5.26 Å². The van der Waals surface area contributed by atoms with Gasteiger partial charge in [-0.15, -0.1) is 0 Å². The highest BCUT2D eigenvalue weighted by molar-refractivity contribution is 6.29. The molecule has 3 rings (SSSR count). The maximum Gasteiger partial charge on any atom is 0.138 e. The van der Waals surface area contributed by atoms with E-state index in [0.29, 0.717) is 29.4 Å². The third kappa shape index (κ3) is 2.81. The largest absolute Gasteiger partial charge is 0.385 e. The quantitative estimate of drug-likeness (QED) is 0.874. The van der Waals surface area contributed by atoms with Crippen molar-refractivity contribution in [1.82, 2.24) is 14.5 Å². The van der Waals surface area contributed by atoms with Gasteiger partial charge >= 0.3 is 0 Å². The minimum Gasteiger partial charge on any atom is -0.385 e. The number of nitriles is 1. The van der Waals surface area contributed by atoms with Gasteiger partial charge in [-0.05, 0) is 38.5 Å². The Labute approximate surface area is 134 Å². The van der Waals surface area contributed by atoms with Gasteiger partial charge in [0.2, 0.25) is 0 Å². The van der Waals surface area contributed by atoms with Crippen molar-refractivity contribution in [1.29, 1.82) is 5.26 Å². The minimum absolute atomic E-state index is 0.294. The number of rotatable bonds is 3. The van der Waals surface area contributed by atoms with Crippen LogP contribution in [-0.4, -0.2) is 19.6 Å². The van der Waals surface area contributed by atoms with E-state index in [1.165, 1.54) is 0 Å². The highest BCUT2D eigenvalue weighted by Gasteiger charge is 2.27. The monoisotopic (exact) mass is 318 g/mol. The fourth-order valence-electron chi connectivity index (χ4n) is 3.41. The molecule has 1 saturated carbocycles. The van der Waals surface area contributed by atoms with E-state index in [2.05, 4.69) is 20.6 Å². The van der Waals surface area contributed by atoms with E-state index < -0.39 is 6.10 Å². The first-order valence-corrected chi connectivity index (χ1v) is 8.06. The smallest absolute Gasteiger partial charge is 0.138 e. The van der Waals surface area contributed by atoms with Crippen LogP contribution in [0.3, 0.4) is 0 Å². The second-order valence-electron chi connectivity index (χ2n) is 6.05. The Kier molecular flexibility index (Phi) is 4.32. The molecule has 1 aliphatic carbocycles. The van der Waals surface area contributed by atoms with Gasteiger partial charge in [0.25, 0.3) is 0 Å². The molecule has 22 heavy (non-hydrogen) atoms. The number of aromatic nitrogens is 3. The first kappa shape index (κ1) is 15.3. The van der Waals surface area contributed by atoms with Gasteiger partial charge < -0.3 is 9.67 Å². The molecule has 1 N–H and O–H groups in total. The summed E-state index contributed by atoms with van der Waals surface area (Å²) in [6.45, 7) is 1.73. The van der Waals surface area contributed by atoms with Crippen molar-refractivity contribution >= 4 is 22.6 Å². The van der Waals surface area contributed by atoms with Crippen LogP contribution in [0, 0.1) is 17.2 Å². The van der Waals surface area contributed by atoms with E-state index in [4.69, 9.17) is 16.9 Å². The molecule has 116 valence electrons. The molecule has 0 amide bonds. The van der Waals surface area contributed by atoms with Crippen LogP contribution in [0.15, 0.2) is 12.3 Å². The second-order valence-corrected chi connectivity index (χ2v) is 6.44. The number of nitrogens with zero attached hydrogens (tertiary/aromatic N) is 4. The lowest BCUT2D eigenvalue weighted by Gasteiger charge is -2.30. The summed E-state index contributed by atoms with van der Waals surface area (Å²) in [6, 6.07) is 4.38. The number of fused-ring (bicyclic) bond motifs is 1. The van der Waals surface area contributed by atoms with Crippen LogP contribution in [0.2, 0.25) is 5.15 Å². The molecule has 0 bridgehead atoms. The third-order valence-electron chi connectivity index (χ3n) is 4.50. The molecular weight excluding hydrogens is 300 g/mol. The lowest BCUT2D eigenvalue weighted by Crippen LogP contribution is -2.20. The zero-order valence-corrected chi connectivity index (χ0v) is 13.3. The zero-order chi connectivity index (χ0) is 15.7. The summed E-state index contributed by atoms with van der Waals surface area (Å²) >= 11 is 6.03. The maximum atomic E-state index is 10.1. The second kappa shape index (κ2) is 6.23. The number of pyridine rings is 1. The number of aliphatic hydroxyl groups excluding tert-OH is 1. The molecule has 0 aromatic carbocycles. The van der Waals surface area contributed by atoms with Crippen LogP contribution >= 0.6 is 11.6 Å². The van der Waals surface area contributed by atoms with Crippen LogP contribution in [0.25, 0.3) is 11.0 Å². The highest BCUT2D eigenvalue weighted by atomic mass is 35.5. The van der Waals surface area contributed by atoms with Crippen molar-refractivity contribution in [2.75, 3.05) is 0 Å². The van der Waals surface area contributed by atoms with Crippen molar-refractivity contribution in [3.8, 4) is 6.07 Å². The molecule has 5 nitrogen and oxygen atoms in total. The summed E-state index contributed by atoms with van der Waals surface area (Å²) in [5.74, 6) is 1.17. The van der Waals surface area contributed by atoms with Crippen LogP contribution in [-0.2, 0) is 0 Å². The van der Waals surface area contributed by atoms with E-state index in [0.717, 1.165) is 36.7 Å². The molecule has 6 heteroatoms. The number of hydrogen-bond acceptors (Lipinski definition) is 4. The van der Waals surface area contributed by atoms with Gasteiger partial charge in [-0.1, -0.05) is 11.6 Å². The molecule has 0 spiro atoms. The van der Waals surface area contributed by atoms with Crippen LogP contribution in [0.4, 0.5) is 0 Å². The van der Waals surface area contributed by atoms with E-state index in [1.54, 1.807) is 13.1 Å².